The molecule has 21 heavy (non-hydrogen) atoms. The van der Waals surface area contributed by atoms with Gasteiger partial charge in [0.05, 0.1) is 13.2 Å². The second-order valence-corrected chi connectivity index (χ2v) is 3.82. The minimum atomic E-state index is -0.592. The zero-order valence-electron chi connectivity index (χ0n) is 11.8. The van der Waals surface area contributed by atoms with E-state index in [9.17, 15) is 4.79 Å². The summed E-state index contributed by atoms with van der Waals surface area (Å²) in [4.78, 5) is 23.9. The van der Waals surface area contributed by atoms with Crippen molar-refractivity contribution in [3.8, 4) is 11.5 Å². The van der Waals surface area contributed by atoms with E-state index in [2.05, 4.69) is 15.0 Å². The van der Waals surface area contributed by atoms with Crippen LogP contribution in [0.4, 0.5) is 5.88 Å². The number of carbonyl (C=O) groups excluding carboxylic acids is 1. The summed E-state index contributed by atoms with van der Waals surface area (Å²) in [6, 6.07) is 3.44. The maximum atomic E-state index is 11.9. The molecule has 0 aliphatic heterocycles. The maximum Gasteiger partial charge on any atom is 0.362 e. The minimum Gasteiger partial charge on any atom is -0.483 e. The largest absolute Gasteiger partial charge is 0.483 e. The zero-order chi connectivity index (χ0) is 15.1. The Kier molecular flexibility index (Phi) is 5.03. The molecule has 0 atom stereocenters. The molecule has 0 aliphatic rings. The van der Waals surface area contributed by atoms with Crippen LogP contribution in [0, 0.1) is 0 Å². The molecule has 0 bridgehead atoms. The molecule has 0 saturated carbocycles. The van der Waals surface area contributed by atoms with E-state index < -0.39 is 5.97 Å². The van der Waals surface area contributed by atoms with E-state index in [0.717, 1.165) is 0 Å². The Balaban J connectivity index is 2.37. The Morgan fingerprint density at radius 3 is 2.76 bits per heavy atom. The summed E-state index contributed by atoms with van der Waals surface area (Å²) in [7, 11) is 0. The predicted octanol–water partition coefficient (Wildman–Crippen LogP) is 2.61. The van der Waals surface area contributed by atoms with E-state index >= 15 is 0 Å². The van der Waals surface area contributed by atoms with Gasteiger partial charge in [-0.05, 0) is 26.0 Å². The smallest absolute Gasteiger partial charge is 0.362 e. The molecule has 0 aliphatic carbocycles. The first kappa shape index (κ1) is 14.7. The number of aromatic nitrogens is 2. The van der Waals surface area contributed by atoms with E-state index in [0.29, 0.717) is 12.2 Å². The highest BCUT2D eigenvalue weighted by Gasteiger charge is 2.21. The van der Waals surface area contributed by atoms with Gasteiger partial charge < -0.3 is 13.9 Å². The number of esters is 1. The third-order valence-electron chi connectivity index (χ3n) is 2.42. The molecule has 0 aromatic carbocycles. The van der Waals surface area contributed by atoms with Crippen LogP contribution in [-0.2, 0) is 9.47 Å². The lowest BCUT2D eigenvalue weighted by atomic mass is 10.3. The number of hydrogen-bond acceptors (Lipinski definition) is 7. The molecule has 0 radical (unpaired) electrons. The highest BCUT2D eigenvalue weighted by molar-refractivity contribution is 5.92. The first-order valence-electron chi connectivity index (χ1n) is 6.48. The van der Waals surface area contributed by atoms with Crippen molar-refractivity contribution in [2.45, 2.75) is 13.8 Å². The lowest BCUT2D eigenvalue weighted by Gasteiger charge is -1.97. The fourth-order valence-electron chi connectivity index (χ4n) is 1.51. The highest BCUT2D eigenvalue weighted by atomic mass is 16.5. The number of oxazole rings is 1. The molecule has 0 spiro atoms. The van der Waals surface area contributed by atoms with Gasteiger partial charge in [0.15, 0.2) is 6.40 Å². The van der Waals surface area contributed by atoms with Crippen molar-refractivity contribution in [2.75, 3.05) is 13.2 Å². The van der Waals surface area contributed by atoms with Crippen LogP contribution < -0.4 is 0 Å². The van der Waals surface area contributed by atoms with E-state index in [-0.39, 0.29) is 24.1 Å². The lowest BCUT2D eigenvalue weighted by Crippen LogP contribution is -2.05. The van der Waals surface area contributed by atoms with Gasteiger partial charge in [0.25, 0.3) is 5.88 Å². The van der Waals surface area contributed by atoms with Gasteiger partial charge in [0.2, 0.25) is 11.6 Å². The van der Waals surface area contributed by atoms with Crippen molar-refractivity contribution in [3.05, 3.63) is 30.2 Å². The van der Waals surface area contributed by atoms with Crippen LogP contribution in [0.15, 0.2) is 33.9 Å². The van der Waals surface area contributed by atoms with E-state index in [1.807, 2.05) is 6.92 Å². The van der Waals surface area contributed by atoms with Crippen molar-refractivity contribution in [1.29, 1.82) is 0 Å². The lowest BCUT2D eigenvalue weighted by molar-refractivity contribution is 0.0521. The number of rotatable bonds is 6. The SMILES string of the molecule is CCO/C=N\c1oc(-c2ccncc2)nc1C(=O)OCC. The molecule has 0 amide bonds. The number of pyridine rings is 1. The molecule has 110 valence electrons. The van der Waals surface area contributed by atoms with Crippen molar-refractivity contribution >= 4 is 18.3 Å². The van der Waals surface area contributed by atoms with Gasteiger partial charge in [-0.2, -0.15) is 9.98 Å². The number of hydrogen-bond donors (Lipinski definition) is 0. The number of carbonyl (C=O) groups is 1. The Hall–Kier alpha value is -2.70. The third kappa shape index (κ3) is 3.65. The average molecular weight is 289 g/mol. The second-order valence-electron chi connectivity index (χ2n) is 3.82. The zero-order valence-corrected chi connectivity index (χ0v) is 11.8. The molecular formula is C14H15N3O4. The molecule has 7 heteroatoms. The fraction of sp³-hybridized carbons (Fsp3) is 0.286. The first-order valence-corrected chi connectivity index (χ1v) is 6.48. The van der Waals surface area contributed by atoms with Gasteiger partial charge in [-0.3, -0.25) is 4.98 Å². The molecule has 2 heterocycles. The Bertz CT molecular complexity index is 622. The Morgan fingerprint density at radius 1 is 1.33 bits per heavy atom. The van der Waals surface area contributed by atoms with Crippen LogP contribution in [0.1, 0.15) is 24.3 Å². The quantitative estimate of drug-likeness (QED) is 0.461. The summed E-state index contributed by atoms with van der Waals surface area (Å²) < 4.78 is 15.4. The fourth-order valence-corrected chi connectivity index (χ4v) is 1.51. The molecule has 2 rings (SSSR count). The molecule has 2 aromatic rings. The van der Waals surface area contributed by atoms with Crippen molar-refractivity contribution in [2.24, 2.45) is 4.99 Å². The predicted molar refractivity (Wildman–Crippen MR) is 75.5 cm³/mol. The minimum absolute atomic E-state index is 0.0135. The monoisotopic (exact) mass is 289 g/mol. The summed E-state index contributed by atoms with van der Waals surface area (Å²) in [6.07, 6.45) is 4.42. The molecule has 2 aromatic heterocycles. The summed E-state index contributed by atoms with van der Waals surface area (Å²) in [5, 5.41) is 0. The van der Waals surface area contributed by atoms with E-state index in [1.54, 1.807) is 31.5 Å². The normalized spacial score (nSPS) is 10.8. The van der Waals surface area contributed by atoms with Gasteiger partial charge >= 0.3 is 5.97 Å². The van der Waals surface area contributed by atoms with Crippen LogP contribution in [0.25, 0.3) is 11.5 Å². The van der Waals surface area contributed by atoms with Gasteiger partial charge in [-0.25, -0.2) is 4.79 Å². The summed E-state index contributed by atoms with van der Waals surface area (Å²) >= 11 is 0. The van der Waals surface area contributed by atoms with Crippen LogP contribution in [-0.4, -0.2) is 35.6 Å². The molecule has 0 saturated heterocycles. The third-order valence-corrected chi connectivity index (χ3v) is 2.42. The average Bonchev–Trinajstić information content (AvgIpc) is 2.93. The Labute approximate surface area is 121 Å². The summed E-state index contributed by atoms with van der Waals surface area (Å²) in [5.74, 6) is -0.275. The van der Waals surface area contributed by atoms with Crippen LogP contribution >= 0.6 is 0 Å². The van der Waals surface area contributed by atoms with Gasteiger partial charge in [0, 0.05) is 18.0 Å². The second kappa shape index (κ2) is 7.18. The Morgan fingerprint density at radius 2 is 2.10 bits per heavy atom. The van der Waals surface area contributed by atoms with Crippen molar-refractivity contribution in [1.82, 2.24) is 9.97 Å². The van der Waals surface area contributed by atoms with Crippen LogP contribution in [0.2, 0.25) is 0 Å². The molecular weight excluding hydrogens is 274 g/mol. The standard InChI is InChI=1S/C14H15N3O4/c1-3-19-9-16-13-11(14(18)20-4-2)17-12(21-13)10-5-7-15-8-6-10/h5-9H,3-4H2,1-2H3/b16-9-. The summed E-state index contributed by atoms with van der Waals surface area (Å²) in [6.45, 7) is 4.24. The van der Waals surface area contributed by atoms with E-state index in [4.69, 9.17) is 13.9 Å². The van der Waals surface area contributed by atoms with Crippen LogP contribution in [0.5, 0.6) is 0 Å². The topological polar surface area (TPSA) is 86.8 Å². The van der Waals surface area contributed by atoms with Gasteiger partial charge in [-0.15, -0.1) is 0 Å². The van der Waals surface area contributed by atoms with Gasteiger partial charge in [-0.1, -0.05) is 0 Å². The molecule has 7 nitrogen and oxygen atoms in total. The maximum absolute atomic E-state index is 11.9. The molecule has 0 fully saturated rings. The van der Waals surface area contributed by atoms with Crippen LogP contribution in [0.3, 0.4) is 0 Å². The molecule has 0 N–H and O–H groups in total. The molecule has 0 unspecified atom stereocenters. The van der Waals surface area contributed by atoms with Gasteiger partial charge in [0.1, 0.15) is 0 Å². The van der Waals surface area contributed by atoms with E-state index in [1.165, 1.54) is 6.40 Å². The highest BCUT2D eigenvalue weighted by Crippen LogP contribution is 2.27. The number of ether oxygens (including phenoxy) is 2. The number of nitrogens with zero attached hydrogens (tertiary/aromatic N) is 3. The number of aliphatic imine (C=N–C) groups is 1. The van der Waals surface area contributed by atoms with Crippen molar-refractivity contribution in [3.63, 3.8) is 0 Å². The first-order chi connectivity index (χ1) is 10.3. The van der Waals surface area contributed by atoms with Crippen molar-refractivity contribution < 1.29 is 18.7 Å². The summed E-state index contributed by atoms with van der Waals surface area (Å²) in [5.41, 5.74) is 0.702.